The third-order valence-electron chi connectivity index (χ3n) is 7.79. The summed E-state index contributed by atoms with van der Waals surface area (Å²) >= 11 is 0. The highest BCUT2D eigenvalue weighted by Crippen LogP contribution is 2.69. The van der Waals surface area contributed by atoms with Gasteiger partial charge >= 0.3 is 0 Å². The van der Waals surface area contributed by atoms with Crippen LogP contribution in [0.5, 0.6) is 0 Å². The van der Waals surface area contributed by atoms with Gasteiger partial charge in [0.15, 0.2) is 0 Å². The third kappa shape index (κ3) is 1.37. The molecule has 4 atom stereocenters. The monoisotopic (exact) mass is 323 g/mol. The van der Waals surface area contributed by atoms with Crippen LogP contribution in [-0.2, 0) is 10.3 Å². The van der Waals surface area contributed by atoms with Crippen molar-refractivity contribution in [3.8, 4) is 0 Å². The van der Waals surface area contributed by atoms with Gasteiger partial charge in [0.2, 0.25) is 5.91 Å². The summed E-state index contributed by atoms with van der Waals surface area (Å²) in [4.78, 5) is 18.3. The molecule has 2 N–H and O–H groups in total. The number of nitrogens with zero attached hydrogens (tertiary/aromatic N) is 1. The first kappa shape index (κ1) is 14.6. The van der Waals surface area contributed by atoms with Crippen LogP contribution in [0.3, 0.4) is 0 Å². The van der Waals surface area contributed by atoms with Crippen molar-refractivity contribution in [2.75, 3.05) is 18.4 Å². The van der Waals surface area contributed by atoms with Gasteiger partial charge in [0.1, 0.15) is 5.54 Å². The number of hydrogen-bond donors (Lipinski definition) is 2. The number of nitrogens with one attached hydrogen (secondary N) is 2. The lowest BCUT2D eigenvalue weighted by Crippen LogP contribution is -2.57. The van der Waals surface area contributed by atoms with Gasteiger partial charge < -0.3 is 5.32 Å². The topological polar surface area (TPSA) is 53.5 Å². The Morgan fingerprint density at radius 2 is 2.00 bits per heavy atom. The fourth-order valence-electron chi connectivity index (χ4n) is 6.19. The molecule has 2 saturated carbocycles. The molecule has 0 saturated heterocycles. The Morgan fingerprint density at radius 3 is 2.83 bits per heavy atom. The number of anilines is 1. The molecule has 126 valence electrons. The SMILES string of the molecule is CC12CCC(C3C1=NCCNC31C(=O)Nc3ccccc31)C2(C)C. The molecule has 1 amide bonds. The van der Waals surface area contributed by atoms with E-state index in [4.69, 9.17) is 4.99 Å². The van der Waals surface area contributed by atoms with Crippen molar-refractivity contribution in [3.63, 3.8) is 0 Å². The number of benzene rings is 1. The summed E-state index contributed by atoms with van der Waals surface area (Å²) in [5.41, 5.74) is 3.01. The van der Waals surface area contributed by atoms with E-state index in [0.29, 0.717) is 5.92 Å². The van der Waals surface area contributed by atoms with E-state index in [2.05, 4.69) is 37.5 Å². The smallest absolute Gasteiger partial charge is 0.250 e. The van der Waals surface area contributed by atoms with Crippen LogP contribution in [-0.4, -0.2) is 24.7 Å². The van der Waals surface area contributed by atoms with Gasteiger partial charge in [0.25, 0.3) is 0 Å². The number of aliphatic imine (C=N–C) groups is 1. The predicted octanol–water partition coefficient (Wildman–Crippen LogP) is 2.95. The Hall–Kier alpha value is -1.68. The lowest BCUT2D eigenvalue weighted by atomic mass is 9.67. The number of fused-ring (bicyclic) bond motifs is 8. The fourth-order valence-corrected chi connectivity index (χ4v) is 6.19. The molecular weight excluding hydrogens is 298 g/mol. The molecule has 24 heavy (non-hydrogen) atoms. The van der Waals surface area contributed by atoms with Crippen molar-refractivity contribution in [1.82, 2.24) is 5.32 Å². The summed E-state index contributed by atoms with van der Waals surface area (Å²) < 4.78 is 0. The second-order valence-electron chi connectivity index (χ2n) is 8.68. The summed E-state index contributed by atoms with van der Waals surface area (Å²) in [6.07, 6.45) is 2.38. The molecule has 2 bridgehead atoms. The van der Waals surface area contributed by atoms with Crippen LogP contribution in [0.25, 0.3) is 0 Å². The van der Waals surface area contributed by atoms with E-state index < -0.39 is 5.54 Å². The Bertz CT molecular complexity index is 783. The molecule has 4 aliphatic rings. The minimum atomic E-state index is -0.647. The highest BCUT2D eigenvalue weighted by atomic mass is 16.2. The zero-order valence-corrected chi connectivity index (χ0v) is 14.6. The van der Waals surface area contributed by atoms with Gasteiger partial charge in [-0.2, -0.15) is 0 Å². The van der Waals surface area contributed by atoms with Crippen LogP contribution >= 0.6 is 0 Å². The Labute approximate surface area is 143 Å². The van der Waals surface area contributed by atoms with Gasteiger partial charge in [-0.25, -0.2) is 0 Å². The van der Waals surface area contributed by atoms with Crippen molar-refractivity contribution >= 4 is 17.3 Å². The number of hydrogen-bond acceptors (Lipinski definition) is 3. The maximum absolute atomic E-state index is 13.3. The highest BCUT2D eigenvalue weighted by Gasteiger charge is 2.71. The van der Waals surface area contributed by atoms with E-state index in [1.54, 1.807) is 0 Å². The number of para-hydroxylation sites is 1. The van der Waals surface area contributed by atoms with E-state index >= 15 is 0 Å². The molecule has 1 aromatic carbocycles. The zero-order valence-electron chi connectivity index (χ0n) is 14.6. The quantitative estimate of drug-likeness (QED) is 0.771. The molecule has 2 aliphatic heterocycles. The second kappa shape index (κ2) is 4.29. The third-order valence-corrected chi connectivity index (χ3v) is 7.79. The molecule has 1 aromatic rings. The van der Waals surface area contributed by atoms with Crippen molar-refractivity contribution in [2.24, 2.45) is 27.7 Å². The van der Waals surface area contributed by atoms with Gasteiger partial charge in [-0.1, -0.05) is 39.0 Å². The lowest BCUT2D eigenvalue weighted by molar-refractivity contribution is -0.124. The van der Waals surface area contributed by atoms with Gasteiger partial charge in [0, 0.05) is 34.8 Å². The minimum Gasteiger partial charge on any atom is -0.324 e. The van der Waals surface area contributed by atoms with Crippen LogP contribution in [0.1, 0.15) is 39.2 Å². The van der Waals surface area contributed by atoms with Crippen LogP contribution in [0, 0.1) is 22.7 Å². The average molecular weight is 323 g/mol. The van der Waals surface area contributed by atoms with E-state index in [1.807, 2.05) is 18.2 Å². The Morgan fingerprint density at radius 1 is 1.21 bits per heavy atom. The van der Waals surface area contributed by atoms with Crippen molar-refractivity contribution in [1.29, 1.82) is 0 Å². The van der Waals surface area contributed by atoms with Crippen LogP contribution in [0.4, 0.5) is 5.69 Å². The van der Waals surface area contributed by atoms with Crippen molar-refractivity contribution < 1.29 is 4.79 Å². The first-order valence-corrected chi connectivity index (χ1v) is 9.14. The van der Waals surface area contributed by atoms with Gasteiger partial charge in [0.05, 0.1) is 6.54 Å². The molecule has 0 radical (unpaired) electrons. The van der Waals surface area contributed by atoms with Crippen LogP contribution in [0.2, 0.25) is 0 Å². The van der Waals surface area contributed by atoms with E-state index in [0.717, 1.165) is 24.3 Å². The minimum absolute atomic E-state index is 0.107. The van der Waals surface area contributed by atoms with Crippen LogP contribution < -0.4 is 10.6 Å². The molecule has 0 aromatic heterocycles. The van der Waals surface area contributed by atoms with Gasteiger partial charge in [-0.15, -0.1) is 0 Å². The predicted molar refractivity (Wildman–Crippen MR) is 95.2 cm³/mol. The van der Waals surface area contributed by atoms with Crippen molar-refractivity contribution in [3.05, 3.63) is 29.8 Å². The largest absolute Gasteiger partial charge is 0.324 e. The van der Waals surface area contributed by atoms with E-state index in [-0.39, 0.29) is 22.7 Å². The second-order valence-corrected chi connectivity index (χ2v) is 8.68. The lowest BCUT2D eigenvalue weighted by Gasteiger charge is -2.40. The normalized spacial score (nSPS) is 41.6. The summed E-state index contributed by atoms with van der Waals surface area (Å²) in [6, 6.07) is 8.18. The molecule has 2 fully saturated rings. The van der Waals surface area contributed by atoms with Gasteiger partial charge in [-0.3, -0.25) is 15.1 Å². The van der Waals surface area contributed by atoms with E-state index in [9.17, 15) is 4.79 Å². The molecule has 4 heteroatoms. The maximum atomic E-state index is 13.3. The maximum Gasteiger partial charge on any atom is 0.250 e. The summed E-state index contributed by atoms with van der Waals surface area (Å²) in [6.45, 7) is 8.67. The number of carbonyl (C=O) groups is 1. The first-order valence-electron chi connectivity index (χ1n) is 9.14. The van der Waals surface area contributed by atoms with E-state index in [1.165, 1.54) is 18.6 Å². The fraction of sp³-hybridized carbons (Fsp3) is 0.600. The zero-order chi connectivity index (χ0) is 16.7. The molecule has 2 aliphatic carbocycles. The summed E-state index contributed by atoms with van der Waals surface area (Å²) in [5.74, 6) is 0.761. The Kier molecular flexibility index (Phi) is 2.62. The molecule has 2 heterocycles. The Balaban J connectivity index is 1.78. The molecule has 4 unspecified atom stereocenters. The van der Waals surface area contributed by atoms with Crippen molar-refractivity contribution in [2.45, 2.75) is 39.2 Å². The summed E-state index contributed by atoms with van der Waals surface area (Å²) in [7, 11) is 0. The average Bonchev–Trinajstić information content (AvgIpc) is 2.92. The number of carbonyl (C=O) groups excluding carboxylic acids is 1. The molecule has 5 rings (SSSR count). The molecule has 4 nitrogen and oxygen atoms in total. The summed E-state index contributed by atoms with van der Waals surface area (Å²) in [5, 5.41) is 6.79. The van der Waals surface area contributed by atoms with Gasteiger partial charge in [-0.05, 0) is 30.2 Å². The highest BCUT2D eigenvalue weighted by molar-refractivity contribution is 6.11. The molecule has 1 spiro atoms. The number of rotatable bonds is 0. The molecular formula is C20H25N3O. The standard InChI is InChI=1S/C20H25N3O/c1-18(2)13-8-9-19(18,3)16-15(13)20(22-11-10-21-16)12-6-4-5-7-14(12)23-17(20)24/h4-7,13,15,22H,8-11H2,1-3H3,(H,23,24). The first-order chi connectivity index (χ1) is 11.4. The van der Waals surface area contributed by atoms with Crippen LogP contribution in [0.15, 0.2) is 29.3 Å². The number of amides is 1.